The van der Waals surface area contributed by atoms with Gasteiger partial charge in [0.05, 0.1) is 13.2 Å². The Morgan fingerprint density at radius 3 is 2.38 bits per heavy atom. The molecule has 0 aliphatic rings. The van der Waals surface area contributed by atoms with Gasteiger partial charge < -0.3 is 4.74 Å². The number of nitrogens with two attached hydrogens (primary N) is 1. The summed E-state index contributed by atoms with van der Waals surface area (Å²) in [5, 5.41) is 9.17. The van der Waals surface area contributed by atoms with Crippen LogP contribution in [0.2, 0.25) is 0 Å². The van der Waals surface area contributed by atoms with Crippen LogP contribution in [0.4, 0.5) is 0 Å². The van der Waals surface area contributed by atoms with Crippen molar-refractivity contribution in [3.8, 4) is 11.8 Å². The maximum absolute atomic E-state index is 9.17. The van der Waals surface area contributed by atoms with Crippen LogP contribution in [0.5, 0.6) is 5.75 Å². The molecule has 1 atom stereocenters. The molecule has 1 aromatic rings. The van der Waals surface area contributed by atoms with Crippen molar-refractivity contribution in [3.63, 3.8) is 0 Å². The van der Waals surface area contributed by atoms with E-state index in [-0.39, 0.29) is 0 Å². The summed E-state index contributed by atoms with van der Waals surface area (Å²) in [6.07, 6.45) is 0. The second-order valence-electron chi connectivity index (χ2n) is 4.02. The highest BCUT2D eigenvalue weighted by molar-refractivity contribution is 5.47. The van der Waals surface area contributed by atoms with Crippen LogP contribution in [-0.2, 0) is 5.54 Å². The van der Waals surface area contributed by atoms with E-state index in [4.69, 9.17) is 10.6 Å². The monoisotopic (exact) mass is 219 g/mol. The van der Waals surface area contributed by atoms with E-state index >= 15 is 0 Å². The molecule has 0 fully saturated rings. The van der Waals surface area contributed by atoms with Crippen molar-refractivity contribution in [2.75, 3.05) is 7.11 Å². The third-order valence-electron chi connectivity index (χ3n) is 2.87. The number of aryl methyl sites for hydroxylation is 2. The van der Waals surface area contributed by atoms with Crippen molar-refractivity contribution >= 4 is 0 Å². The topological polar surface area (TPSA) is 71.1 Å². The number of nitriles is 1. The molecule has 1 aromatic carbocycles. The highest BCUT2D eigenvalue weighted by Gasteiger charge is 2.28. The summed E-state index contributed by atoms with van der Waals surface area (Å²) in [6.45, 7) is 5.72. The Morgan fingerprint density at radius 2 is 1.94 bits per heavy atom. The second-order valence-corrected chi connectivity index (χ2v) is 4.02. The number of rotatable bonds is 3. The molecule has 0 radical (unpaired) electrons. The number of hydrazine groups is 1. The van der Waals surface area contributed by atoms with Crippen LogP contribution in [0, 0.1) is 25.2 Å². The summed E-state index contributed by atoms with van der Waals surface area (Å²) in [7, 11) is 1.59. The number of nitrogens with one attached hydrogen (secondary N) is 1. The first-order valence-electron chi connectivity index (χ1n) is 5.03. The van der Waals surface area contributed by atoms with Crippen LogP contribution in [0.3, 0.4) is 0 Å². The van der Waals surface area contributed by atoms with Crippen LogP contribution in [0.15, 0.2) is 12.1 Å². The van der Waals surface area contributed by atoms with E-state index in [9.17, 15) is 5.26 Å². The first-order valence-corrected chi connectivity index (χ1v) is 5.03. The summed E-state index contributed by atoms with van der Waals surface area (Å²) in [5.74, 6) is 6.10. The van der Waals surface area contributed by atoms with Gasteiger partial charge in [-0.05, 0) is 44.0 Å². The van der Waals surface area contributed by atoms with Gasteiger partial charge in [0, 0.05) is 5.56 Å². The predicted octanol–water partition coefficient (Wildman–Crippen LogP) is 1.51. The Bertz CT molecular complexity index is 437. The van der Waals surface area contributed by atoms with Crippen molar-refractivity contribution in [2.24, 2.45) is 5.84 Å². The number of hydrogen-bond acceptors (Lipinski definition) is 4. The van der Waals surface area contributed by atoms with E-state index in [0.29, 0.717) is 5.75 Å². The van der Waals surface area contributed by atoms with Crippen LogP contribution < -0.4 is 16.0 Å². The quantitative estimate of drug-likeness (QED) is 0.597. The lowest BCUT2D eigenvalue weighted by molar-refractivity contribution is 0.386. The highest BCUT2D eigenvalue weighted by atomic mass is 16.5. The van der Waals surface area contributed by atoms with Gasteiger partial charge in [-0.25, -0.2) is 5.43 Å². The normalized spacial score (nSPS) is 14.0. The number of ether oxygens (including phenoxy) is 1. The molecule has 1 unspecified atom stereocenters. The largest absolute Gasteiger partial charge is 0.496 e. The molecule has 0 spiro atoms. The molecular formula is C12H17N3O. The fourth-order valence-corrected chi connectivity index (χ4v) is 1.52. The van der Waals surface area contributed by atoms with Gasteiger partial charge in [-0.15, -0.1) is 0 Å². The molecule has 4 nitrogen and oxygen atoms in total. The summed E-state index contributed by atoms with van der Waals surface area (Å²) in [5.41, 5.74) is 4.56. The molecule has 86 valence electrons. The van der Waals surface area contributed by atoms with E-state index < -0.39 is 5.54 Å². The molecule has 3 N–H and O–H groups in total. The van der Waals surface area contributed by atoms with Gasteiger partial charge in [-0.3, -0.25) is 5.84 Å². The van der Waals surface area contributed by atoms with Crippen LogP contribution in [0.1, 0.15) is 23.6 Å². The summed E-state index contributed by atoms with van der Waals surface area (Å²) < 4.78 is 5.28. The van der Waals surface area contributed by atoms with Gasteiger partial charge in [0.25, 0.3) is 0 Å². The lowest BCUT2D eigenvalue weighted by Gasteiger charge is -2.24. The van der Waals surface area contributed by atoms with Crippen LogP contribution in [-0.4, -0.2) is 7.11 Å². The summed E-state index contributed by atoms with van der Waals surface area (Å²) >= 11 is 0. The molecule has 1 rings (SSSR count). The summed E-state index contributed by atoms with van der Waals surface area (Å²) in [4.78, 5) is 0. The Morgan fingerprint density at radius 1 is 1.38 bits per heavy atom. The third kappa shape index (κ3) is 2.01. The molecule has 0 aliphatic carbocycles. The van der Waals surface area contributed by atoms with Gasteiger partial charge in [0.1, 0.15) is 11.3 Å². The highest BCUT2D eigenvalue weighted by Crippen LogP contribution is 2.31. The molecule has 0 saturated carbocycles. The van der Waals surface area contributed by atoms with Crippen molar-refractivity contribution in [3.05, 3.63) is 28.8 Å². The molecule has 16 heavy (non-hydrogen) atoms. The number of nitrogens with zero attached hydrogens (tertiary/aromatic N) is 1. The van der Waals surface area contributed by atoms with Crippen LogP contribution in [0.25, 0.3) is 0 Å². The van der Waals surface area contributed by atoms with E-state index in [1.807, 2.05) is 26.0 Å². The molecule has 0 amide bonds. The number of methoxy groups -OCH3 is 1. The van der Waals surface area contributed by atoms with Crippen molar-refractivity contribution < 1.29 is 4.74 Å². The van der Waals surface area contributed by atoms with E-state index in [1.165, 1.54) is 0 Å². The van der Waals surface area contributed by atoms with Crippen LogP contribution >= 0.6 is 0 Å². The fraction of sp³-hybridized carbons (Fsp3) is 0.417. The Labute approximate surface area is 96.0 Å². The molecule has 0 aromatic heterocycles. The molecular weight excluding hydrogens is 202 g/mol. The van der Waals surface area contributed by atoms with Crippen molar-refractivity contribution in [1.29, 1.82) is 5.26 Å². The predicted molar refractivity (Wildman–Crippen MR) is 62.8 cm³/mol. The fourth-order valence-electron chi connectivity index (χ4n) is 1.52. The van der Waals surface area contributed by atoms with E-state index in [1.54, 1.807) is 14.0 Å². The van der Waals surface area contributed by atoms with Gasteiger partial charge in [-0.2, -0.15) is 5.26 Å². The maximum atomic E-state index is 9.17. The van der Waals surface area contributed by atoms with Gasteiger partial charge in [-0.1, -0.05) is 0 Å². The van der Waals surface area contributed by atoms with Crippen molar-refractivity contribution in [1.82, 2.24) is 5.43 Å². The smallest absolute Gasteiger partial charge is 0.145 e. The minimum atomic E-state index is -0.941. The molecule has 0 saturated heterocycles. The summed E-state index contributed by atoms with van der Waals surface area (Å²) in [6, 6.07) is 5.99. The van der Waals surface area contributed by atoms with Gasteiger partial charge >= 0.3 is 0 Å². The first-order chi connectivity index (χ1) is 7.48. The lowest BCUT2D eigenvalue weighted by atomic mass is 9.90. The Kier molecular flexibility index (Phi) is 3.53. The number of hydrogen-bond donors (Lipinski definition) is 2. The van der Waals surface area contributed by atoms with E-state index in [0.717, 1.165) is 16.7 Å². The van der Waals surface area contributed by atoms with E-state index in [2.05, 4.69) is 11.5 Å². The number of benzene rings is 1. The lowest BCUT2D eigenvalue weighted by Crippen LogP contribution is -2.43. The van der Waals surface area contributed by atoms with Gasteiger partial charge in [0.2, 0.25) is 0 Å². The van der Waals surface area contributed by atoms with Gasteiger partial charge in [0.15, 0.2) is 0 Å². The average Bonchev–Trinajstić information content (AvgIpc) is 2.31. The molecule has 0 bridgehead atoms. The SMILES string of the molecule is COc1cc(C)c(C)cc1C(C)(C#N)NN. The maximum Gasteiger partial charge on any atom is 0.145 e. The third-order valence-corrected chi connectivity index (χ3v) is 2.87. The average molecular weight is 219 g/mol. The second kappa shape index (κ2) is 4.52. The zero-order valence-corrected chi connectivity index (χ0v) is 10.1. The minimum Gasteiger partial charge on any atom is -0.496 e. The molecule has 0 aliphatic heterocycles. The standard InChI is InChI=1S/C12H17N3O/c1-8-5-10(12(3,7-13)15-14)11(16-4)6-9(8)2/h5-6,15H,14H2,1-4H3. The minimum absolute atomic E-state index is 0.671. The zero-order chi connectivity index (χ0) is 12.3. The zero-order valence-electron chi connectivity index (χ0n) is 10.1. The Hall–Kier alpha value is -1.57. The molecule has 0 heterocycles. The molecule has 4 heteroatoms. The first kappa shape index (κ1) is 12.5. The van der Waals surface area contributed by atoms with Crippen molar-refractivity contribution in [2.45, 2.75) is 26.3 Å². The Balaban J connectivity index is 3.44.